The van der Waals surface area contributed by atoms with Gasteiger partial charge in [0, 0.05) is 23.0 Å². The Morgan fingerprint density at radius 3 is 1.08 bits per heavy atom. The fourth-order valence-electron chi connectivity index (χ4n) is 9.00. The molecule has 0 bridgehead atoms. The van der Waals surface area contributed by atoms with Crippen LogP contribution in [0.4, 0.5) is 11.4 Å². The normalized spacial score (nSPS) is 12.4. The van der Waals surface area contributed by atoms with E-state index in [0.29, 0.717) is 0 Å². The van der Waals surface area contributed by atoms with Crippen molar-refractivity contribution >= 4 is 16.9 Å². The standard InChI is InChI=1S/C62H49N/c1-5-13-47(14-6-1)51-25-27-54(28-26-51)56-39-43-61(44-40-56)63(59-19-11-4-12-20-59)60-41-37-55(38-42-60)50-23-21-46(22-24-50)45-62(57-33-29-52(30-34-57)48-15-7-2-8-16-48)58-35-31-53(32-36-58)49-17-9-3-10-18-49/h1-39,41-43,62H,40,44-45H2. The number of nitrogens with zero attached hydrogens (tertiary/aromatic N) is 1. The molecule has 0 saturated heterocycles. The summed E-state index contributed by atoms with van der Waals surface area (Å²) in [6, 6.07) is 88.3. The van der Waals surface area contributed by atoms with Crippen molar-refractivity contribution in [1.29, 1.82) is 0 Å². The van der Waals surface area contributed by atoms with Crippen LogP contribution in [0.5, 0.6) is 0 Å². The van der Waals surface area contributed by atoms with E-state index in [2.05, 4.69) is 260 Å². The van der Waals surface area contributed by atoms with Crippen LogP contribution in [0.15, 0.2) is 261 Å². The molecule has 0 heterocycles. The Balaban J connectivity index is 0.883. The van der Waals surface area contributed by atoms with Gasteiger partial charge < -0.3 is 4.90 Å². The van der Waals surface area contributed by atoms with E-state index >= 15 is 0 Å². The zero-order chi connectivity index (χ0) is 42.2. The van der Waals surface area contributed by atoms with Gasteiger partial charge in [0.2, 0.25) is 0 Å². The highest BCUT2D eigenvalue weighted by Gasteiger charge is 2.19. The number of anilines is 2. The fourth-order valence-corrected chi connectivity index (χ4v) is 9.00. The van der Waals surface area contributed by atoms with Crippen molar-refractivity contribution in [3.05, 3.63) is 283 Å². The SMILES string of the molecule is C1=C(c2ccc(-c3ccccc3)cc2)CCC(N(c2ccccc2)c2ccc(-c3ccc(CC(c4ccc(-c5ccccc5)cc4)c4ccc(-c5ccccc5)cc4)cc3)cc2)=C1. The molecule has 63 heavy (non-hydrogen) atoms. The average Bonchev–Trinajstić information content (AvgIpc) is 3.38. The van der Waals surface area contributed by atoms with Gasteiger partial charge >= 0.3 is 0 Å². The molecule has 0 N–H and O–H groups in total. The second-order valence-electron chi connectivity index (χ2n) is 16.4. The molecular weight excluding hydrogens is 759 g/mol. The third-order valence-corrected chi connectivity index (χ3v) is 12.5. The fraction of sp³-hybridized carbons (Fsp3) is 0.0645. The first-order valence-corrected chi connectivity index (χ1v) is 22.1. The second-order valence-corrected chi connectivity index (χ2v) is 16.4. The maximum atomic E-state index is 2.41. The van der Waals surface area contributed by atoms with Gasteiger partial charge in [-0.05, 0) is 122 Å². The number of rotatable bonds is 12. The molecule has 302 valence electrons. The van der Waals surface area contributed by atoms with Gasteiger partial charge in [-0.3, -0.25) is 0 Å². The third-order valence-electron chi connectivity index (χ3n) is 12.5. The number of benzene rings is 9. The Kier molecular flexibility index (Phi) is 11.6. The van der Waals surface area contributed by atoms with Crippen molar-refractivity contribution in [2.45, 2.75) is 25.2 Å². The van der Waals surface area contributed by atoms with E-state index < -0.39 is 0 Å². The van der Waals surface area contributed by atoms with E-state index in [-0.39, 0.29) is 5.92 Å². The second kappa shape index (κ2) is 18.5. The molecule has 1 aliphatic rings. The van der Waals surface area contributed by atoms with E-state index in [9.17, 15) is 0 Å². The number of para-hydroxylation sites is 1. The van der Waals surface area contributed by atoms with Gasteiger partial charge in [0.05, 0.1) is 0 Å². The summed E-state index contributed by atoms with van der Waals surface area (Å²) in [4.78, 5) is 2.41. The summed E-state index contributed by atoms with van der Waals surface area (Å²) in [7, 11) is 0. The molecule has 1 heteroatoms. The van der Waals surface area contributed by atoms with E-state index in [1.54, 1.807) is 0 Å². The molecule has 0 fully saturated rings. The van der Waals surface area contributed by atoms with Gasteiger partial charge in [-0.25, -0.2) is 0 Å². The molecule has 0 aliphatic heterocycles. The summed E-state index contributed by atoms with van der Waals surface area (Å²) in [6.07, 6.45) is 7.48. The molecule has 0 spiro atoms. The predicted octanol–water partition coefficient (Wildman–Crippen LogP) is 16.6. The number of allylic oxidation sites excluding steroid dienone is 4. The zero-order valence-corrected chi connectivity index (χ0v) is 35.4. The molecule has 0 amide bonds. The Morgan fingerprint density at radius 1 is 0.302 bits per heavy atom. The van der Waals surface area contributed by atoms with Crippen LogP contribution in [-0.2, 0) is 6.42 Å². The lowest BCUT2D eigenvalue weighted by atomic mass is 9.84. The first-order valence-electron chi connectivity index (χ1n) is 22.1. The van der Waals surface area contributed by atoms with Crippen molar-refractivity contribution in [1.82, 2.24) is 0 Å². The summed E-state index contributed by atoms with van der Waals surface area (Å²) < 4.78 is 0. The van der Waals surface area contributed by atoms with E-state index in [4.69, 9.17) is 0 Å². The maximum Gasteiger partial charge on any atom is 0.0458 e. The van der Waals surface area contributed by atoms with Crippen molar-refractivity contribution in [2.24, 2.45) is 0 Å². The summed E-state index contributed by atoms with van der Waals surface area (Å²) in [5.74, 6) is 0.217. The molecule has 1 nitrogen and oxygen atoms in total. The summed E-state index contributed by atoms with van der Waals surface area (Å²) >= 11 is 0. The van der Waals surface area contributed by atoms with Crippen LogP contribution in [0.1, 0.15) is 41.0 Å². The van der Waals surface area contributed by atoms with Crippen LogP contribution in [0.25, 0.3) is 50.1 Å². The Bertz CT molecular complexity index is 2850. The molecule has 1 aliphatic carbocycles. The molecule has 10 rings (SSSR count). The average molecular weight is 808 g/mol. The van der Waals surface area contributed by atoms with Crippen molar-refractivity contribution in [3.63, 3.8) is 0 Å². The Labute approximate surface area is 372 Å². The topological polar surface area (TPSA) is 3.24 Å². The van der Waals surface area contributed by atoms with Crippen LogP contribution in [0.3, 0.4) is 0 Å². The molecule has 0 atom stereocenters. The lowest BCUT2D eigenvalue weighted by Crippen LogP contribution is -2.17. The minimum Gasteiger partial charge on any atom is -0.314 e. The zero-order valence-electron chi connectivity index (χ0n) is 35.4. The first-order chi connectivity index (χ1) is 31.2. The van der Waals surface area contributed by atoms with Crippen molar-refractivity contribution < 1.29 is 0 Å². The summed E-state index contributed by atoms with van der Waals surface area (Å²) in [5, 5.41) is 0. The van der Waals surface area contributed by atoms with Gasteiger partial charge in [-0.2, -0.15) is 0 Å². The Morgan fingerprint density at radius 2 is 0.651 bits per heavy atom. The molecule has 0 unspecified atom stereocenters. The van der Waals surface area contributed by atoms with Crippen molar-refractivity contribution in [3.8, 4) is 44.5 Å². The Hall–Kier alpha value is -7.74. The van der Waals surface area contributed by atoms with Gasteiger partial charge in [0.1, 0.15) is 0 Å². The minimum atomic E-state index is 0.217. The van der Waals surface area contributed by atoms with Gasteiger partial charge in [0.25, 0.3) is 0 Å². The third kappa shape index (κ3) is 9.01. The van der Waals surface area contributed by atoms with Gasteiger partial charge in [-0.15, -0.1) is 0 Å². The van der Waals surface area contributed by atoms with Crippen LogP contribution < -0.4 is 4.90 Å². The van der Waals surface area contributed by atoms with E-state index in [1.807, 2.05) is 0 Å². The van der Waals surface area contributed by atoms with Crippen molar-refractivity contribution in [2.75, 3.05) is 4.90 Å². The van der Waals surface area contributed by atoms with Crippen LogP contribution in [-0.4, -0.2) is 0 Å². The highest BCUT2D eigenvalue weighted by molar-refractivity contribution is 5.77. The molecule has 9 aromatic rings. The summed E-state index contributed by atoms with van der Waals surface area (Å²) in [6.45, 7) is 0. The van der Waals surface area contributed by atoms with Crippen LogP contribution >= 0.6 is 0 Å². The smallest absolute Gasteiger partial charge is 0.0458 e. The minimum absolute atomic E-state index is 0.217. The first kappa shape index (κ1) is 39.4. The largest absolute Gasteiger partial charge is 0.314 e. The lowest BCUT2D eigenvalue weighted by Gasteiger charge is -2.30. The van der Waals surface area contributed by atoms with Gasteiger partial charge in [0.15, 0.2) is 0 Å². The predicted molar refractivity (Wildman–Crippen MR) is 267 cm³/mol. The van der Waals surface area contributed by atoms with Crippen LogP contribution in [0.2, 0.25) is 0 Å². The highest BCUT2D eigenvalue weighted by atomic mass is 15.1. The molecule has 0 saturated carbocycles. The lowest BCUT2D eigenvalue weighted by molar-refractivity contribution is 0.805. The monoisotopic (exact) mass is 807 g/mol. The molecule has 0 radical (unpaired) electrons. The highest BCUT2D eigenvalue weighted by Crippen LogP contribution is 2.38. The van der Waals surface area contributed by atoms with Gasteiger partial charge in [-0.1, -0.05) is 224 Å². The van der Waals surface area contributed by atoms with E-state index in [0.717, 1.165) is 24.9 Å². The van der Waals surface area contributed by atoms with E-state index in [1.165, 1.54) is 83.7 Å². The number of hydrogen-bond acceptors (Lipinski definition) is 1. The number of hydrogen-bond donors (Lipinski definition) is 0. The summed E-state index contributed by atoms with van der Waals surface area (Å²) in [5.41, 5.74) is 20.1. The molecular formula is C62H49N. The molecule has 9 aromatic carbocycles. The maximum absolute atomic E-state index is 2.41. The van der Waals surface area contributed by atoms with Crippen LogP contribution in [0, 0.1) is 0 Å². The molecule has 0 aromatic heterocycles. The quantitative estimate of drug-likeness (QED) is 0.119.